The molecule has 26 heavy (non-hydrogen) atoms. The summed E-state index contributed by atoms with van der Waals surface area (Å²) in [6, 6.07) is 13.4. The molecule has 2 amide bonds. The van der Waals surface area contributed by atoms with Crippen molar-refractivity contribution in [1.29, 1.82) is 0 Å². The Hall–Kier alpha value is -3.13. The van der Waals surface area contributed by atoms with Crippen LogP contribution >= 0.6 is 11.5 Å². The number of fused-ring (bicyclic) bond motifs is 1. The third-order valence-electron chi connectivity index (χ3n) is 3.69. The van der Waals surface area contributed by atoms with Crippen molar-refractivity contribution in [3.05, 3.63) is 53.6 Å². The fraction of sp³-hybridized carbons (Fsp3) is 0.167. The second-order valence-electron chi connectivity index (χ2n) is 5.79. The van der Waals surface area contributed by atoms with E-state index >= 15 is 0 Å². The zero-order chi connectivity index (χ0) is 18.7. The SMILES string of the molecule is CN(C)C(=O)Nc1snc(OCc2ccc3ccccc3c2)c1C(=O)O. The summed E-state index contributed by atoms with van der Waals surface area (Å²) in [5.74, 6) is -1.22. The molecule has 0 aliphatic carbocycles. The average Bonchev–Trinajstić information content (AvgIpc) is 3.02. The van der Waals surface area contributed by atoms with Crippen LogP contribution in [0, 0.1) is 0 Å². The Bertz CT molecular complexity index is 968. The topological polar surface area (TPSA) is 91.8 Å². The summed E-state index contributed by atoms with van der Waals surface area (Å²) in [6.07, 6.45) is 0. The van der Waals surface area contributed by atoms with E-state index in [2.05, 4.69) is 9.69 Å². The second kappa shape index (κ2) is 7.40. The van der Waals surface area contributed by atoms with Crippen molar-refractivity contribution in [3.63, 3.8) is 0 Å². The molecule has 0 bridgehead atoms. The third-order valence-corrected chi connectivity index (χ3v) is 4.44. The summed E-state index contributed by atoms with van der Waals surface area (Å²) < 4.78 is 9.64. The molecule has 1 heterocycles. The van der Waals surface area contributed by atoms with Crippen LogP contribution in [0.5, 0.6) is 5.88 Å². The van der Waals surface area contributed by atoms with Crippen LogP contribution < -0.4 is 10.1 Å². The number of nitrogens with zero attached hydrogens (tertiary/aromatic N) is 2. The molecule has 0 atom stereocenters. The number of aromatic carboxylic acids is 1. The van der Waals surface area contributed by atoms with Gasteiger partial charge < -0.3 is 14.7 Å². The molecule has 0 saturated heterocycles. The first kappa shape index (κ1) is 17.7. The largest absolute Gasteiger partial charge is 0.477 e. The summed E-state index contributed by atoms with van der Waals surface area (Å²) in [4.78, 5) is 24.6. The summed E-state index contributed by atoms with van der Waals surface area (Å²) in [5, 5.41) is 14.3. The van der Waals surface area contributed by atoms with Crippen molar-refractivity contribution in [2.24, 2.45) is 0 Å². The molecular formula is C18H17N3O4S. The van der Waals surface area contributed by atoms with E-state index in [0.29, 0.717) is 0 Å². The lowest BCUT2D eigenvalue weighted by molar-refractivity contribution is 0.0693. The maximum atomic E-state index is 11.8. The molecule has 2 N–H and O–H groups in total. The standard InChI is InChI=1S/C18H17N3O4S/c1-21(2)18(24)19-16-14(17(22)23)15(20-26-16)25-10-11-7-8-12-5-3-4-6-13(12)9-11/h3-9H,10H2,1-2H3,(H,19,24)(H,22,23). The number of aromatic nitrogens is 1. The lowest BCUT2D eigenvalue weighted by atomic mass is 10.1. The van der Waals surface area contributed by atoms with Crippen molar-refractivity contribution >= 4 is 39.3 Å². The zero-order valence-corrected chi connectivity index (χ0v) is 15.0. The van der Waals surface area contributed by atoms with E-state index in [-0.39, 0.29) is 23.1 Å². The molecule has 8 heteroatoms. The van der Waals surface area contributed by atoms with Crippen LogP contribution in [0.2, 0.25) is 0 Å². The van der Waals surface area contributed by atoms with Gasteiger partial charge in [0.2, 0.25) is 5.88 Å². The molecular weight excluding hydrogens is 354 g/mol. The predicted molar refractivity (Wildman–Crippen MR) is 100 cm³/mol. The molecule has 2 aromatic carbocycles. The summed E-state index contributed by atoms with van der Waals surface area (Å²) >= 11 is 0.873. The van der Waals surface area contributed by atoms with Crippen LogP contribution in [0.25, 0.3) is 10.8 Å². The highest BCUT2D eigenvalue weighted by atomic mass is 32.1. The molecule has 3 rings (SSSR count). The van der Waals surface area contributed by atoms with Crippen molar-refractivity contribution in [3.8, 4) is 5.88 Å². The number of carbonyl (C=O) groups is 2. The molecule has 0 saturated carbocycles. The van der Waals surface area contributed by atoms with Crippen molar-refractivity contribution in [1.82, 2.24) is 9.27 Å². The number of anilines is 1. The van der Waals surface area contributed by atoms with E-state index in [1.165, 1.54) is 4.90 Å². The number of rotatable bonds is 5. The first-order chi connectivity index (χ1) is 12.5. The molecule has 0 aliphatic heterocycles. The van der Waals surface area contributed by atoms with Crippen LogP contribution in [0.15, 0.2) is 42.5 Å². The van der Waals surface area contributed by atoms with Gasteiger partial charge in [0, 0.05) is 14.1 Å². The third kappa shape index (κ3) is 3.75. The molecule has 0 aliphatic rings. The second-order valence-corrected chi connectivity index (χ2v) is 6.57. The maximum absolute atomic E-state index is 11.8. The van der Waals surface area contributed by atoms with E-state index in [0.717, 1.165) is 27.9 Å². The number of hydrogen-bond acceptors (Lipinski definition) is 5. The van der Waals surface area contributed by atoms with E-state index < -0.39 is 12.0 Å². The Balaban J connectivity index is 1.79. The Morgan fingerprint density at radius 2 is 1.92 bits per heavy atom. The zero-order valence-electron chi connectivity index (χ0n) is 14.2. The van der Waals surface area contributed by atoms with Gasteiger partial charge >= 0.3 is 12.0 Å². The number of ether oxygens (including phenoxy) is 1. The van der Waals surface area contributed by atoms with Crippen molar-refractivity contribution in [2.75, 3.05) is 19.4 Å². The van der Waals surface area contributed by atoms with Crippen LogP contribution in [0.4, 0.5) is 9.80 Å². The number of nitrogens with one attached hydrogen (secondary N) is 1. The van der Waals surface area contributed by atoms with Gasteiger partial charge in [0.1, 0.15) is 11.6 Å². The van der Waals surface area contributed by atoms with Crippen molar-refractivity contribution in [2.45, 2.75) is 6.61 Å². The Morgan fingerprint density at radius 3 is 2.62 bits per heavy atom. The highest BCUT2D eigenvalue weighted by molar-refractivity contribution is 7.11. The Labute approximate surface area is 154 Å². The quantitative estimate of drug-likeness (QED) is 0.714. The number of amides is 2. The van der Waals surface area contributed by atoms with Gasteiger partial charge in [-0.05, 0) is 33.9 Å². The van der Waals surface area contributed by atoms with Gasteiger partial charge in [-0.25, -0.2) is 9.59 Å². The van der Waals surface area contributed by atoms with Gasteiger partial charge in [-0.1, -0.05) is 36.4 Å². The summed E-state index contributed by atoms with van der Waals surface area (Å²) in [6.45, 7) is 0.177. The van der Waals surface area contributed by atoms with Crippen LogP contribution in [-0.2, 0) is 6.61 Å². The first-order valence-electron chi connectivity index (χ1n) is 7.77. The molecule has 3 aromatic rings. The normalized spacial score (nSPS) is 10.5. The molecule has 7 nitrogen and oxygen atoms in total. The van der Waals surface area contributed by atoms with Gasteiger partial charge in [-0.15, -0.1) is 0 Å². The number of carbonyl (C=O) groups excluding carboxylic acids is 1. The highest BCUT2D eigenvalue weighted by Gasteiger charge is 2.23. The number of hydrogen-bond donors (Lipinski definition) is 2. The van der Waals surface area contributed by atoms with Gasteiger partial charge in [0.15, 0.2) is 5.56 Å². The number of carboxylic acids is 1. The van der Waals surface area contributed by atoms with Crippen molar-refractivity contribution < 1.29 is 19.4 Å². The number of benzene rings is 2. The minimum Gasteiger partial charge on any atom is -0.477 e. The minimum absolute atomic E-state index is 0.00952. The molecule has 0 unspecified atom stereocenters. The van der Waals surface area contributed by atoms with E-state index in [1.807, 2.05) is 42.5 Å². The summed E-state index contributed by atoms with van der Waals surface area (Å²) in [7, 11) is 3.13. The molecule has 0 fully saturated rings. The van der Waals surface area contributed by atoms with Gasteiger partial charge in [0.05, 0.1) is 0 Å². The molecule has 0 spiro atoms. The summed E-state index contributed by atoms with van der Waals surface area (Å²) in [5.41, 5.74) is 0.748. The fourth-order valence-electron chi connectivity index (χ4n) is 2.34. The van der Waals surface area contributed by atoms with Crippen LogP contribution in [0.1, 0.15) is 15.9 Å². The van der Waals surface area contributed by atoms with Gasteiger partial charge in [-0.3, -0.25) is 5.32 Å². The monoisotopic (exact) mass is 371 g/mol. The maximum Gasteiger partial charge on any atom is 0.344 e. The van der Waals surface area contributed by atoms with E-state index in [9.17, 15) is 14.7 Å². The van der Waals surface area contributed by atoms with E-state index in [4.69, 9.17) is 4.74 Å². The smallest absolute Gasteiger partial charge is 0.344 e. The average molecular weight is 371 g/mol. The van der Waals surface area contributed by atoms with Crippen LogP contribution in [-0.4, -0.2) is 40.5 Å². The fourth-order valence-corrected chi connectivity index (χ4v) is 3.05. The Morgan fingerprint density at radius 1 is 1.19 bits per heavy atom. The van der Waals surface area contributed by atoms with Crippen LogP contribution in [0.3, 0.4) is 0 Å². The van der Waals surface area contributed by atoms with Gasteiger partial charge in [0.25, 0.3) is 0 Å². The predicted octanol–water partition coefficient (Wildman–Crippen LogP) is 3.67. The highest BCUT2D eigenvalue weighted by Crippen LogP contribution is 2.31. The molecule has 1 aromatic heterocycles. The molecule has 0 radical (unpaired) electrons. The lowest BCUT2D eigenvalue weighted by Gasteiger charge is -2.11. The Kier molecular flexibility index (Phi) is 5.04. The first-order valence-corrected chi connectivity index (χ1v) is 8.55. The molecule has 134 valence electrons. The van der Waals surface area contributed by atoms with E-state index in [1.54, 1.807) is 14.1 Å². The number of urea groups is 1. The van der Waals surface area contributed by atoms with Gasteiger partial charge in [-0.2, -0.15) is 4.37 Å². The minimum atomic E-state index is -1.21. The lowest BCUT2D eigenvalue weighted by Crippen LogP contribution is -2.27. The number of carboxylic acid groups (broad SMARTS) is 1.